The molecule has 1 saturated heterocycles. The maximum absolute atomic E-state index is 12.6. The Balaban J connectivity index is 1.70. The lowest BCUT2D eigenvalue weighted by atomic mass is 10.0. The summed E-state index contributed by atoms with van der Waals surface area (Å²) in [6, 6.07) is 1.58. The molecule has 0 radical (unpaired) electrons. The van der Waals surface area contributed by atoms with Crippen molar-refractivity contribution in [2.45, 2.75) is 6.42 Å². The highest BCUT2D eigenvalue weighted by Crippen LogP contribution is 2.15. The SMILES string of the molecule is Cn1cc(C(=O)N2CCOC[C@@H](Cc3cc(C(N)=O)ncn3)C2)cn1. The highest BCUT2D eigenvalue weighted by atomic mass is 16.5. The Labute approximate surface area is 144 Å². The molecular formula is C16H20N6O3. The van der Waals surface area contributed by atoms with Crippen molar-refractivity contribution in [2.24, 2.45) is 18.7 Å². The van der Waals surface area contributed by atoms with Crippen LogP contribution in [0.3, 0.4) is 0 Å². The van der Waals surface area contributed by atoms with Gasteiger partial charge in [0.05, 0.1) is 25.0 Å². The van der Waals surface area contributed by atoms with Gasteiger partial charge in [0.1, 0.15) is 12.0 Å². The molecule has 2 aromatic rings. The second-order valence-electron chi connectivity index (χ2n) is 6.06. The van der Waals surface area contributed by atoms with E-state index in [1.807, 2.05) is 0 Å². The fraction of sp³-hybridized carbons (Fsp3) is 0.438. The van der Waals surface area contributed by atoms with E-state index in [4.69, 9.17) is 10.5 Å². The lowest BCUT2D eigenvalue weighted by Gasteiger charge is -2.23. The number of aryl methyl sites for hydroxylation is 1. The summed E-state index contributed by atoms with van der Waals surface area (Å²) in [6.07, 6.45) is 5.16. The van der Waals surface area contributed by atoms with Crippen LogP contribution < -0.4 is 5.73 Å². The van der Waals surface area contributed by atoms with Crippen LogP contribution in [0, 0.1) is 5.92 Å². The number of carbonyl (C=O) groups is 2. The standard InChI is InChI=1S/C16H20N6O3/c1-21-8-12(6-20-21)16(24)22-2-3-25-9-11(7-22)4-13-5-14(15(17)23)19-10-18-13/h5-6,8,10-11H,2-4,7,9H2,1H3,(H2,17,23)/t11-/m0/s1. The van der Waals surface area contributed by atoms with E-state index in [2.05, 4.69) is 15.1 Å². The number of primary amides is 1. The molecule has 1 fully saturated rings. The molecule has 9 heteroatoms. The minimum Gasteiger partial charge on any atom is -0.379 e. The summed E-state index contributed by atoms with van der Waals surface area (Å²) in [5.41, 5.74) is 6.70. The van der Waals surface area contributed by atoms with Gasteiger partial charge in [-0.05, 0) is 12.5 Å². The van der Waals surface area contributed by atoms with Crippen molar-refractivity contribution in [1.82, 2.24) is 24.6 Å². The van der Waals surface area contributed by atoms with Crippen LogP contribution in [0.2, 0.25) is 0 Å². The Morgan fingerprint density at radius 1 is 1.40 bits per heavy atom. The molecule has 132 valence electrons. The number of rotatable bonds is 4. The molecule has 0 saturated carbocycles. The summed E-state index contributed by atoms with van der Waals surface area (Å²) in [4.78, 5) is 33.7. The molecule has 0 aromatic carbocycles. The van der Waals surface area contributed by atoms with E-state index in [-0.39, 0.29) is 17.5 Å². The van der Waals surface area contributed by atoms with Crippen LogP contribution in [0.4, 0.5) is 0 Å². The van der Waals surface area contributed by atoms with Crippen molar-refractivity contribution >= 4 is 11.8 Å². The van der Waals surface area contributed by atoms with Crippen molar-refractivity contribution in [3.8, 4) is 0 Å². The predicted molar refractivity (Wildman–Crippen MR) is 87.7 cm³/mol. The van der Waals surface area contributed by atoms with Crippen LogP contribution in [0.15, 0.2) is 24.8 Å². The van der Waals surface area contributed by atoms with Crippen molar-refractivity contribution in [3.05, 3.63) is 41.7 Å². The minimum atomic E-state index is -0.589. The molecule has 2 amide bonds. The fourth-order valence-electron chi connectivity index (χ4n) is 2.84. The van der Waals surface area contributed by atoms with Crippen LogP contribution >= 0.6 is 0 Å². The third kappa shape index (κ3) is 4.18. The maximum Gasteiger partial charge on any atom is 0.267 e. The van der Waals surface area contributed by atoms with Gasteiger partial charge in [-0.25, -0.2) is 9.97 Å². The van der Waals surface area contributed by atoms with Crippen LogP contribution in [-0.4, -0.2) is 62.8 Å². The summed E-state index contributed by atoms with van der Waals surface area (Å²) < 4.78 is 7.23. The number of hydrogen-bond donors (Lipinski definition) is 1. The van der Waals surface area contributed by atoms with Crippen LogP contribution in [0.1, 0.15) is 26.5 Å². The Kier molecular flexibility index (Phi) is 5.03. The van der Waals surface area contributed by atoms with Gasteiger partial charge in [-0.2, -0.15) is 5.10 Å². The summed E-state index contributed by atoms with van der Waals surface area (Å²) in [6.45, 7) is 2.08. The van der Waals surface area contributed by atoms with Crippen molar-refractivity contribution < 1.29 is 14.3 Å². The first-order chi connectivity index (χ1) is 12.0. The molecular weight excluding hydrogens is 324 g/mol. The van der Waals surface area contributed by atoms with Crippen molar-refractivity contribution in [1.29, 1.82) is 0 Å². The van der Waals surface area contributed by atoms with Gasteiger partial charge in [0.15, 0.2) is 0 Å². The molecule has 0 unspecified atom stereocenters. The monoisotopic (exact) mass is 344 g/mol. The molecule has 2 aromatic heterocycles. The van der Waals surface area contributed by atoms with E-state index in [9.17, 15) is 9.59 Å². The Bertz CT molecular complexity index is 775. The van der Waals surface area contributed by atoms with Crippen LogP contribution in [0.5, 0.6) is 0 Å². The zero-order valence-corrected chi connectivity index (χ0v) is 14.0. The number of nitrogens with two attached hydrogens (primary N) is 1. The Morgan fingerprint density at radius 2 is 2.24 bits per heavy atom. The third-order valence-electron chi connectivity index (χ3n) is 4.05. The van der Waals surface area contributed by atoms with Crippen molar-refractivity contribution in [3.63, 3.8) is 0 Å². The maximum atomic E-state index is 12.6. The van der Waals surface area contributed by atoms with Gasteiger partial charge in [-0.15, -0.1) is 0 Å². The fourth-order valence-corrected chi connectivity index (χ4v) is 2.84. The van der Waals surface area contributed by atoms with Gasteiger partial charge in [0, 0.05) is 37.9 Å². The van der Waals surface area contributed by atoms with Crippen molar-refractivity contribution in [2.75, 3.05) is 26.3 Å². The second-order valence-corrected chi connectivity index (χ2v) is 6.06. The van der Waals surface area contributed by atoms with Gasteiger partial charge in [0.2, 0.25) is 0 Å². The number of nitrogens with zero attached hydrogens (tertiary/aromatic N) is 5. The lowest BCUT2D eigenvalue weighted by molar-refractivity contribution is 0.0737. The topological polar surface area (TPSA) is 116 Å². The molecule has 3 heterocycles. The van der Waals surface area contributed by atoms with Gasteiger partial charge in [0.25, 0.3) is 11.8 Å². The first-order valence-corrected chi connectivity index (χ1v) is 7.99. The number of hydrogen-bond acceptors (Lipinski definition) is 6. The smallest absolute Gasteiger partial charge is 0.267 e. The molecule has 1 aliphatic heterocycles. The van der Waals surface area contributed by atoms with Gasteiger partial charge in [-0.3, -0.25) is 14.3 Å². The van der Waals surface area contributed by atoms with E-state index in [0.29, 0.717) is 44.0 Å². The zero-order valence-electron chi connectivity index (χ0n) is 14.0. The number of aromatic nitrogens is 4. The van der Waals surface area contributed by atoms with E-state index in [1.54, 1.807) is 35.1 Å². The van der Waals surface area contributed by atoms with Gasteiger partial charge < -0.3 is 15.4 Å². The van der Waals surface area contributed by atoms with E-state index in [1.165, 1.54) is 6.33 Å². The first kappa shape index (κ1) is 17.0. The highest BCUT2D eigenvalue weighted by Gasteiger charge is 2.25. The van der Waals surface area contributed by atoms with E-state index >= 15 is 0 Å². The van der Waals surface area contributed by atoms with E-state index < -0.39 is 5.91 Å². The molecule has 0 bridgehead atoms. The second kappa shape index (κ2) is 7.39. The largest absolute Gasteiger partial charge is 0.379 e. The van der Waals surface area contributed by atoms with Crippen LogP contribution in [0.25, 0.3) is 0 Å². The number of carbonyl (C=O) groups excluding carboxylic acids is 2. The normalized spacial score (nSPS) is 18.0. The highest BCUT2D eigenvalue weighted by molar-refractivity contribution is 5.93. The predicted octanol–water partition coefficient (Wildman–Crippen LogP) is -0.360. The molecule has 0 spiro atoms. The van der Waals surface area contributed by atoms with Gasteiger partial charge in [-0.1, -0.05) is 0 Å². The molecule has 25 heavy (non-hydrogen) atoms. The molecule has 1 atom stereocenters. The average Bonchev–Trinajstić information content (AvgIpc) is 2.89. The Morgan fingerprint density at radius 3 is 2.96 bits per heavy atom. The van der Waals surface area contributed by atoms with Crippen LogP contribution in [-0.2, 0) is 18.2 Å². The number of ether oxygens (including phenoxy) is 1. The minimum absolute atomic E-state index is 0.0656. The van der Waals surface area contributed by atoms with E-state index in [0.717, 1.165) is 0 Å². The number of amides is 2. The summed E-state index contributed by atoms with van der Waals surface area (Å²) >= 11 is 0. The third-order valence-corrected chi connectivity index (χ3v) is 4.05. The lowest BCUT2D eigenvalue weighted by Crippen LogP contribution is -2.36. The molecule has 3 rings (SSSR count). The summed E-state index contributed by atoms with van der Waals surface area (Å²) in [5.74, 6) is -0.586. The average molecular weight is 344 g/mol. The van der Waals surface area contributed by atoms with Gasteiger partial charge >= 0.3 is 0 Å². The summed E-state index contributed by atoms with van der Waals surface area (Å²) in [5, 5.41) is 4.05. The summed E-state index contributed by atoms with van der Waals surface area (Å²) in [7, 11) is 1.77. The molecule has 9 nitrogen and oxygen atoms in total. The molecule has 2 N–H and O–H groups in total. The zero-order chi connectivity index (χ0) is 17.8. The molecule has 0 aliphatic carbocycles. The Hall–Kier alpha value is -2.81. The first-order valence-electron chi connectivity index (χ1n) is 7.99. The quantitative estimate of drug-likeness (QED) is 0.810. The molecule has 1 aliphatic rings.